The molecule has 7 heteroatoms. The second kappa shape index (κ2) is 8.59. The quantitative estimate of drug-likeness (QED) is 0.643. The van der Waals surface area contributed by atoms with Gasteiger partial charge in [-0.25, -0.2) is 0 Å². The van der Waals surface area contributed by atoms with Crippen LogP contribution in [0.2, 0.25) is 0 Å². The molecular formula is C22H27N5O2. The second-order valence-electron chi connectivity index (χ2n) is 7.81. The molecule has 152 valence electrons. The van der Waals surface area contributed by atoms with Gasteiger partial charge in [-0.15, -0.1) is 10.2 Å². The summed E-state index contributed by atoms with van der Waals surface area (Å²) in [4.78, 5) is 14.6. The number of carbonyl (C=O) groups is 1. The topological polar surface area (TPSA) is 77.0 Å². The van der Waals surface area contributed by atoms with Crippen LogP contribution in [0.5, 0.6) is 0 Å². The molecule has 29 heavy (non-hydrogen) atoms. The van der Waals surface area contributed by atoms with Crippen molar-refractivity contribution in [1.82, 2.24) is 24.9 Å². The number of hydrogen-bond donors (Lipinski definition) is 0. The maximum atomic E-state index is 12.6. The van der Waals surface area contributed by atoms with Gasteiger partial charge in [-0.1, -0.05) is 30.3 Å². The average molecular weight is 393 g/mol. The minimum absolute atomic E-state index is 0.166. The Balaban J connectivity index is 1.25. The van der Waals surface area contributed by atoms with E-state index in [1.54, 1.807) is 4.68 Å². The van der Waals surface area contributed by atoms with Crippen LogP contribution in [0, 0.1) is 12.8 Å². The lowest BCUT2D eigenvalue weighted by molar-refractivity contribution is -0.132. The van der Waals surface area contributed by atoms with Gasteiger partial charge in [-0.3, -0.25) is 9.48 Å². The third-order valence-corrected chi connectivity index (χ3v) is 5.58. The van der Waals surface area contributed by atoms with Gasteiger partial charge in [0, 0.05) is 33.0 Å². The third kappa shape index (κ3) is 4.72. The molecule has 3 heterocycles. The van der Waals surface area contributed by atoms with Crippen LogP contribution in [0.4, 0.5) is 0 Å². The first-order chi connectivity index (χ1) is 14.1. The number of likely N-dealkylation sites (tertiary alicyclic amines) is 1. The van der Waals surface area contributed by atoms with Crippen LogP contribution in [-0.4, -0.2) is 43.9 Å². The average Bonchev–Trinajstić information content (AvgIpc) is 3.33. The van der Waals surface area contributed by atoms with Crippen molar-refractivity contribution in [3.05, 3.63) is 53.5 Å². The molecule has 0 N–H and O–H groups in total. The molecule has 0 atom stereocenters. The summed E-state index contributed by atoms with van der Waals surface area (Å²) in [7, 11) is 1.84. The highest BCUT2D eigenvalue weighted by atomic mass is 16.4. The van der Waals surface area contributed by atoms with Crippen LogP contribution in [0.15, 0.2) is 40.8 Å². The number of amides is 1. The van der Waals surface area contributed by atoms with Crippen molar-refractivity contribution in [2.75, 3.05) is 13.1 Å². The maximum Gasteiger partial charge on any atom is 0.265 e. The molecule has 0 unspecified atom stereocenters. The highest BCUT2D eigenvalue weighted by Crippen LogP contribution is 2.23. The van der Waals surface area contributed by atoms with Gasteiger partial charge in [-0.2, -0.15) is 5.10 Å². The molecule has 3 aromatic rings. The fourth-order valence-corrected chi connectivity index (χ4v) is 3.97. The Hall–Kier alpha value is -2.96. The summed E-state index contributed by atoms with van der Waals surface area (Å²) in [5.74, 6) is 1.75. The van der Waals surface area contributed by atoms with Crippen LogP contribution in [0.25, 0.3) is 11.6 Å². The number of carbonyl (C=O) groups excluding carboxylic acids is 1. The lowest BCUT2D eigenvalue weighted by Gasteiger charge is -2.32. The first-order valence-corrected chi connectivity index (χ1v) is 10.2. The molecule has 0 radical (unpaired) electrons. The van der Waals surface area contributed by atoms with E-state index in [9.17, 15) is 4.79 Å². The molecule has 0 saturated carbocycles. The van der Waals surface area contributed by atoms with E-state index in [1.807, 2.05) is 24.9 Å². The van der Waals surface area contributed by atoms with Gasteiger partial charge >= 0.3 is 0 Å². The molecule has 1 aliphatic heterocycles. The second-order valence-corrected chi connectivity index (χ2v) is 7.81. The summed E-state index contributed by atoms with van der Waals surface area (Å²) >= 11 is 0. The van der Waals surface area contributed by atoms with E-state index in [1.165, 1.54) is 5.56 Å². The number of nitrogens with zero attached hydrogens (tertiary/aromatic N) is 5. The maximum absolute atomic E-state index is 12.6. The van der Waals surface area contributed by atoms with Gasteiger partial charge in [-0.05, 0) is 43.7 Å². The summed E-state index contributed by atoms with van der Waals surface area (Å²) in [5, 5.41) is 12.5. The van der Waals surface area contributed by atoms with Crippen molar-refractivity contribution >= 4 is 5.91 Å². The van der Waals surface area contributed by atoms with Gasteiger partial charge in [0.05, 0.1) is 5.69 Å². The third-order valence-electron chi connectivity index (χ3n) is 5.58. The van der Waals surface area contributed by atoms with E-state index in [0.717, 1.165) is 43.7 Å². The minimum atomic E-state index is 0.166. The fraction of sp³-hybridized carbons (Fsp3) is 0.455. The molecule has 1 amide bonds. The lowest BCUT2D eigenvalue weighted by Crippen LogP contribution is -2.39. The summed E-state index contributed by atoms with van der Waals surface area (Å²) < 4.78 is 7.45. The number of rotatable bonds is 6. The summed E-state index contributed by atoms with van der Waals surface area (Å²) in [6.45, 7) is 3.59. The molecule has 2 aromatic heterocycles. The number of hydrogen-bond acceptors (Lipinski definition) is 5. The first-order valence-electron chi connectivity index (χ1n) is 10.2. The summed E-state index contributed by atoms with van der Waals surface area (Å²) in [6, 6.07) is 12.5. The van der Waals surface area contributed by atoms with Crippen molar-refractivity contribution in [3.8, 4) is 11.6 Å². The Kier molecular flexibility index (Phi) is 5.74. The van der Waals surface area contributed by atoms with Crippen LogP contribution in [0.1, 0.15) is 36.4 Å². The standard InChI is InChI=1S/C22H27N5O2/c1-16-14-19(26(2)25-16)22-24-23-20(29-22)8-9-21(28)27-12-10-18(11-13-27)15-17-6-4-3-5-7-17/h3-7,14,18H,8-13,15H2,1-2H3. The van der Waals surface area contributed by atoms with Crippen LogP contribution < -0.4 is 0 Å². The van der Waals surface area contributed by atoms with Crippen LogP contribution >= 0.6 is 0 Å². The predicted molar refractivity (Wildman–Crippen MR) is 109 cm³/mol. The van der Waals surface area contributed by atoms with Crippen molar-refractivity contribution in [1.29, 1.82) is 0 Å². The van der Waals surface area contributed by atoms with Gasteiger partial charge in [0.1, 0.15) is 5.69 Å². The van der Waals surface area contributed by atoms with E-state index in [4.69, 9.17) is 4.42 Å². The Morgan fingerprint density at radius 1 is 1.17 bits per heavy atom. The SMILES string of the molecule is Cc1cc(-c2nnc(CCC(=O)N3CCC(Cc4ccccc4)CC3)o2)n(C)n1. The monoisotopic (exact) mass is 393 g/mol. The molecule has 0 bridgehead atoms. The van der Waals surface area contributed by atoms with E-state index in [2.05, 4.69) is 45.6 Å². The largest absolute Gasteiger partial charge is 0.419 e. The number of benzene rings is 1. The molecule has 7 nitrogen and oxygen atoms in total. The summed E-state index contributed by atoms with van der Waals surface area (Å²) in [5.41, 5.74) is 3.06. The Morgan fingerprint density at radius 3 is 2.62 bits per heavy atom. The normalized spacial score (nSPS) is 15.0. The smallest absolute Gasteiger partial charge is 0.265 e. The van der Waals surface area contributed by atoms with Gasteiger partial charge < -0.3 is 9.32 Å². The molecule has 0 aliphatic carbocycles. The zero-order chi connectivity index (χ0) is 20.2. The molecule has 4 rings (SSSR count). The van der Waals surface area contributed by atoms with Gasteiger partial charge in [0.25, 0.3) is 5.89 Å². The number of aromatic nitrogens is 4. The minimum Gasteiger partial charge on any atom is -0.419 e. The highest BCUT2D eigenvalue weighted by molar-refractivity contribution is 5.76. The Morgan fingerprint density at radius 2 is 1.93 bits per heavy atom. The zero-order valence-corrected chi connectivity index (χ0v) is 17.0. The number of piperidine rings is 1. The zero-order valence-electron chi connectivity index (χ0n) is 17.0. The first kappa shape index (κ1) is 19.4. The Bertz CT molecular complexity index is 955. The highest BCUT2D eigenvalue weighted by Gasteiger charge is 2.23. The number of aryl methyl sites for hydroxylation is 3. The molecular weight excluding hydrogens is 366 g/mol. The van der Waals surface area contributed by atoms with Crippen molar-refractivity contribution < 1.29 is 9.21 Å². The van der Waals surface area contributed by atoms with E-state index >= 15 is 0 Å². The van der Waals surface area contributed by atoms with Crippen molar-refractivity contribution in [3.63, 3.8) is 0 Å². The summed E-state index contributed by atoms with van der Waals surface area (Å²) in [6.07, 6.45) is 4.08. The molecule has 1 aromatic carbocycles. The van der Waals surface area contributed by atoms with Gasteiger partial charge in [0.15, 0.2) is 0 Å². The molecule has 1 saturated heterocycles. The molecule has 1 fully saturated rings. The molecule has 1 aliphatic rings. The van der Waals surface area contributed by atoms with Crippen molar-refractivity contribution in [2.24, 2.45) is 13.0 Å². The van der Waals surface area contributed by atoms with E-state index in [0.29, 0.717) is 30.5 Å². The van der Waals surface area contributed by atoms with Crippen LogP contribution in [0.3, 0.4) is 0 Å². The van der Waals surface area contributed by atoms with E-state index in [-0.39, 0.29) is 5.91 Å². The van der Waals surface area contributed by atoms with Crippen LogP contribution in [-0.2, 0) is 24.7 Å². The van der Waals surface area contributed by atoms with Gasteiger partial charge in [0.2, 0.25) is 11.8 Å². The van der Waals surface area contributed by atoms with E-state index < -0.39 is 0 Å². The molecule has 0 spiro atoms. The van der Waals surface area contributed by atoms with Crippen molar-refractivity contribution in [2.45, 2.75) is 39.0 Å². The Labute approximate surface area is 170 Å². The predicted octanol–water partition coefficient (Wildman–Crippen LogP) is 3.19. The lowest BCUT2D eigenvalue weighted by atomic mass is 9.90. The fourth-order valence-electron chi connectivity index (χ4n) is 3.97.